The Morgan fingerprint density at radius 2 is 2.33 bits per heavy atom. The number of benzene rings is 1. The summed E-state index contributed by atoms with van der Waals surface area (Å²) in [6.45, 7) is 0. The number of rotatable bonds is 3. The molecule has 0 spiro atoms. The summed E-state index contributed by atoms with van der Waals surface area (Å²) in [6, 6.07) is 5.29. The molecule has 0 bridgehead atoms. The highest BCUT2D eigenvalue weighted by molar-refractivity contribution is 5.62. The molecule has 2 N–H and O–H groups in total. The summed E-state index contributed by atoms with van der Waals surface area (Å²) in [7, 11) is 1.58. The molecule has 0 atom stereocenters. The van der Waals surface area contributed by atoms with Gasteiger partial charge in [-0.1, -0.05) is 6.07 Å². The van der Waals surface area contributed by atoms with Crippen LogP contribution in [0.2, 0.25) is 0 Å². The van der Waals surface area contributed by atoms with E-state index in [-0.39, 0.29) is 0 Å². The molecule has 1 aromatic rings. The molecule has 64 valence electrons. The molecule has 0 radical (unpaired) electrons. The van der Waals surface area contributed by atoms with Crippen molar-refractivity contribution in [3.63, 3.8) is 0 Å². The summed E-state index contributed by atoms with van der Waals surface area (Å²) in [5.41, 5.74) is 7.08. The van der Waals surface area contributed by atoms with E-state index in [1.165, 1.54) is 0 Å². The van der Waals surface area contributed by atoms with Crippen LogP contribution < -0.4 is 10.5 Å². The number of anilines is 1. The molecule has 3 nitrogen and oxygen atoms in total. The predicted molar refractivity (Wildman–Crippen MR) is 47.2 cm³/mol. The maximum Gasteiger partial charge on any atom is 0.124 e. The van der Waals surface area contributed by atoms with Gasteiger partial charge in [0.2, 0.25) is 0 Å². The average Bonchev–Trinajstić information content (AvgIpc) is 2.09. The molecule has 0 aliphatic carbocycles. The Hall–Kier alpha value is -1.51. The third kappa shape index (κ3) is 1.75. The number of carbonyl (C=O) groups excluding carboxylic acids is 1. The summed E-state index contributed by atoms with van der Waals surface area (Å²) in [4.78, 5) is 10.2. The van der Waals surface area contributed by atoms with Gasteiger partial charge in [-0.05, 0) is 11.6 Å². The van der Waals surface area contributed by atoms with Crippen LogP contribution in [0.1, 0.15) is 5.56 Å². The molecule has 0 saturated carbocycles. The van der Waals surface area contributed by atoms with Crippen LogP contribution in [0, 0.1) is 0 Å². The summed E-state index contributed by atoms with van der Waals surface area (Å²) < 4.78 is 4.96. The minimum atomic E-state index is 0.357. The van der Waals surface area contributed by atoms with Crippen LogP contribution >= 0.6 is 0 Å². The second-order valence-electron chi connectivity index (χ2n) is 2.44. The van der Waals surface area contributed by atoms with Gasteiger partial charge in [-0.3, -0.25) is 0 Å². The molecule has 0 saturated heterocycles. The minimum Gasteiger partial charge on any atom is -0.497 e. The molecule has 0 aromatic heterocycles. The Morgan fingerprint density at radius 1 is 1.58 bits per heavy atom. The van der Waals surface area contributed by atoms with Crippen molar-refractivity contribution in [3.8, 4) is 5.75 Å². The van der Waals surface area contributed by atoms with E-state index in [1.807, 2.05) is 0 Å². The standard InChI is InChI=1S/C9H11NO2/c1-12-8-3-2-7(4-5-11)9(10)6-8/h2-3,5-6H,4,10H2,1H3. The van der Waals surface area contributed by atoms with Crippen molar-refractivity contribution in [1.82, 2.24) is 0 Å². The lowest BCUT2D eigenvalue weighted by Gasteiger charge is -2.04. The smallest absolute Gasteiger partial charge is 0.124 e. The van der Waals surface area contributed by atoms with Gasteiger partial charge in [0.25, 0.3) is 0 Å². The lowest BCUT2D eigenvalue weighted by molar-refractivity contribution is -0.107. The third-order valence-corrected chi connectivity index (χ3v) is 1.66. The maximum absolute atomic E-state index is 10.2. The number of carbonyl (C=O) groups is 1. The Bertz CT molecular complexity index is 284. The zero-order chi connectivity index (χ0) is 8.97. The van der Waals surface area contributed by atoms with Gasteiger partial charge in [0.15, 0.2) is 0 Å². The maximum atomic E-state index is 10.2. The fraction of sp³-hybridized carbons (Fsp3) is 0.222. The van der Waals surface area contributed by atoms with Crippen molar-refractivity contribution in [2.45, 2.75) is 6.42 Å². The van der Waals surface area contributed by atoms with Crippen molar-refractivity contribution in [1.29, 1.82) is 0 Å². The van der Waals surface area contributed by atoms with Crippen LogP contribution in [-0.2, 0) is 11.2 Å². The first-order valence-corrected chi connectivity index (χ1v) is 3.64. The first-order chi connectivity index (χ1) is 5.77. The molecule has 0 aliphatic rings. The minimum absolute atomic E-state index is 0.357. The van der Waals surface area contributed by atoms with Crippen molar-refractivity contribution < 1.29 is 9.53 Å². The van der Waals surface area contributed by atoms with Crippen molar-refractivity contribution in [2.75, 3.05) is 12.8 Å². The number of aldehydes is 1. The van der Waals surface area contributed by atoms with Gasteiger partial charge in [0, 0.05) is 18.2 Å². The largest absolute Gasteiger partial charge is 0.497 e. The summed E-state index contributed by atoms with van der Waals surface area (Å²) >= 11 is 0. The Kier molecular flexibility index (Phi) is 2.69. The van der Waals surface area contributed by atoms with Gasteiger partial charge in [-0.15, -0.1) is 0 Å². The van der Waals surface area contributed by atoms with E-state index in [2.05, 4.69) is 0 Å². The van der Waals surface area contributed by atoms with Gasteiger partial charge in [-0.2, -0.15) is 0 Å². The molecular formula is C9H11NO2. The molecule has 0 unspecified atom stereocenters. The second-order valence-corrected chi connectivity index (χ2v) is 2.44. The summed E-state index contributed by atoms with van der Waals surface area (Å²) in [6.07, 6.45) is 1.19. The van der Waals surface area contributed by atoms with Gasteiger partial charge < -0.3 is 15.3 Å². The zero-order valence-electron chi connectivity index (χ0n) is 6.91. The first kappa shape index (κ1) is 8.59. The Balaban J connectivity index is 2.94. The van der Waals surface area contributed by atoms with Gasteiger partial charge in [-0.25, -0.2) is 0 Å². The number of nitrogen functional groups attached to an aromatic ring is 1. The Labute approximate surface area is 71.1 Å². The molecule has 3 heteroatoms. The molecule has 0 heterocycles. The number of hydrogen-bond donors (Lipinski definition) is 1. The van der Waals surface area contributed by atoms with Crippen LogP contribution in [0.25, 0.3) is 0 Å². The molecule has 1 rings (SSSR count). The van der Waals surface area contributed by atoms with Crippen molar-refractivity contribution in [3.05, 3.63) is 23.8 Å². The van der Waals surface area contributed by atoms with E-state index in [0.717, 1.165) is 11.8 Å². The highest BCUT2D eigenvalue weighted by Crippen LogP contribution is 2.19. The fourth-order valence-corrected chi connectivity index (χ4v) is 0.976. The van der Waals surface area contributed by atoms with E-state index < -0.39 is 0 Å². The Morgan fingerprint density at radius 3 is 2.83 bits per heavy atom. The number of nitrogens with two attached hydrogens (primary N) is 1. The highest BCUT2D eigenvalue weighted by atomic mass is 16.5. The molecular weight excluding hydrogens is 154 g/mol. The summed E-state index contributed by atoms with van der Waals surface area (Å²) in [5, 5.41) is 0. The molecule has 0 fully saturated rings. The first-order valence-electron chi connectivity index (χ1n) is 3.64. The van der Waals surface area contributed by atoms with Gasteiger partial charge >= 0.3 is 0 Å². The number of methoxy groups -OCH3 is 1. The van der Waals surface area contributed by atoms with E-state index >= 15 is 0 Å². The quantitative estimate of drug-likeness (QED) is 0.537. The average molecular weight is 165 g/mol. The summed E-state index contributed by atoms with van der Waals surface area (Å²) in [5.74, 6) is 0.710. The third-order valence-electron chi connectivity index (χ3n) is 1.66. The number of ether oxygens (including phenoxy) is 1. The lowest BCUT2D eigenvalue weighted by Crippen LogP contribution is -1.95. The van der Waals surface area contributed by atoms with Crippen LogP contribution in [0.3, 0.4) is 0 Å². The molecule has 0 amide bonds. The zero-order valence-corrected chi connectivity index (χ0v) is 6.91. The van der Waals surface area contributed by atoms with Crippen molar-refractivity contribution >= 4 is 12.0 Å². The lowest BCUT2D eigenvalue weighted by atomic mass is 10.1. The van der Waals surface area contributed by atoms with Crippen LogP contribution in [0.4, 0.5) is 5.69 Å². The molecule has 0 aliphatic heterocycles. The number of hydrogen-bond acceptors (Lipinski definition) is 3. The predicted octanol–water partition coefficient (Wildman–Crippen LogP) is 1.02. The van der Waals surface area contributed by atoms with Crippen LogP contribution in [-0.4, -0.2) is 13.4 Å². The van der Waals surface area contributed by atoms with Crippen molar-refractivity contribution in [2.24, 2.45) is 0 Å². The molecule has 12 heavy (non-hydrogen) atoms. The highest BCUT2D eigenvalue weighted by Gasteiger charge is 1.99. The molecule has 1 aromatic carbocycles. The van der Waals surface area contributed by atoms with Crippen LogP contribution in [0.5, 0.6) is 5.75 Å². The SMILES string of the molecule is COc1ccc(CC=O)c(N)c1. The second kappa shape index (κ2) is 3.76. The fourth-order valence-electron chi connectivity index (χ4n) is 0.976. The normalized spacial score (nSPS) is 9.42. The van der Waals surface area contributed by atoms with E-state index in [4.69, 9.17) is 10.5 Å². The van der Waals surface area contributed by atoms with E-state index in [9.17, 15) is 4.79 Å². The van der Waals surface area contributed by atoms with Crippen LogP contribution in [0.15, 0.2) is 18.2 Å². The topological polar surface area (TPSA) is 52.3 Å². The van der Waals surface area contributed by atoms with Gasteiger partial charge in [0.05, 0.1) is 7.11 Å². The monoisotopic (exact) mass is 165 g/mol. The van der Waals surface area contributed by atoms with Gasteiger partial charge in [0.1, 0.15) is 12.0 Å². The van der Waals surface area contributed by atoms with E-state index in [1.54, 1.807) is 25.3 Å². The van der Waals surface area contributed by atoms with E-state index in [0.29, 0.717) is 17.9 Å².